The van der Waals surface area contributed by atoms with Crippen LogP contribution in [0.4, 0.5) is 0 Å². The average Bonchev–Trinajstić information content (AvgIpc) is 3.24. The first-order valence-electron chi connectivity index (χ1n) is 26.9. The maximum absolute atomic E-state index is 12.8. The fraction of sp³-hybridized carbons (Fsp3) is 0.855. The molecule has 0 aromatic heterocycles. The Morgan fingerprint density at radius 1 is 0.500 bits per heavy atom. The Kier molecular flexibility index (Phi) is 47.0. The van der Waals surface area contributed by atoms with Crippen LogP contribution >= 0.6 is 0 Å². The zero-order valence-electron chi connectivity index (χ0n) is 42.2. The van der Waals surface area contributed by atoms with Gasteiger partial charge in [-0.05, 0) is 105 Å². The molecule has 0 radical (unpaired) electrons. The van der Waals surface area contributed by atoms with Crippen molar-refractivity contribution < 1.29 is 14.3 Å². The van der Waals surface area contributed by atoms with Crippen LogP contribution in [0.15, 0.2) is 36.5 Å². The molecule has 7 nitrogen and oxygen atoms in total. The van der Waals surface area contributed by atoms with Crippen LogP contribution in [0, 0.1) is 0 Å². The van der Waals surface area contributed by atoms with E-state index < -0.39 is 0 Å². The van der Waals surface area contributed by atoms with Gasteiger partial charge >= 0.3 is 0 Å². The predicted octanol–water partition coefficient (Wildman–Crippen LogP) is 14.9. The van der Waals surface area contributed by atoms with Crippen LogP contribution in [0.1, 0.15) is 252 Å². The van der Waals surface area contributed by atoms with Crippen molar-refractivity contribution in [2.24, 2.45) is 0 Å². The molecule has 0 aromatic carbocycles. The Hall–Kier alpha value is -1.96. The van der Waals surface area contributed by atoms with E-state index in [4.69, 9.17) is 4.74 Å². The molecule has 0 saturated carbocycles. The molecule has 3 atom stereocenters. The lowest BCUT2D eigenvalue weighted by Gasteiger charge is -2.19. The number of hydrogen-bond acceptors (Lipinski definition) is 5. The number of nitrogens with zero attached hydrogens (tertiary/aromatic N) is 1. The first kappa shape index (κ1) is 60.0. The van der Waals surface area contributed by atoms with Crippen molar-refractivity contribution in [3.63, 3.8) is 0 Å². The van der Waals surface area contributed by atoms with Crippen molar-refractivity contribution in [1.29, 1.82) is 0 Å². The van der Waals surface area contributed by atoms with Crippen LogP contribution < -0.4 is 16.0 Å². The number of hydrogen-bond donors (Lipinski definition) is 3. The monoisotopic (exact) mass is 871 g/mol. The zero-order chi connectivity index (χ0) is 45.4. The van der Waals surface area contributed by atoms with Crippen molar-refractivity contribution in [2.75, 3.05) is 33.8 Å². The Morgan fingerprint density at radius 3 is 1.50 bits per heavy atom. The van der Waals surface area contributed by atoms with Crippen LogP contribution in [0.3, 0.4) is 0 Å². The van der Waals surface area contributed by atoms with Gasteiger partial charge < -0.3 is 20.3 Å². The van der Waals surface area contributed by atoms with E-state index in [-0.39, 0.29) is 24.1 Å². The van der Waals surface area contributed by atoms with E-state index >= 15 is 0 Å². The van der Waals surface area contributed by atoms with Crippen molar-refractivity contribution in [2.45, 2.75) is 271 Å². The van der Waals surface area contributed by atoms with Gasteiger partial charge in [-0.3, -0.25) is 14.9 Å². The standard InChI is InChI=1S/C55H106N4O3/c1-7-10-13-16-25-32-39-48-56-55(62-50-40-33-26-17-14-11-8-2)47-38-31-24-20-22-29-36-44-52(58-54(61)46-41-49-59(5)6)43-35-28-21-19-23-30-37-45-53(60)57-51(4)42-34-27-18-15-12-9-3/h32-34,39-40,42,51-52,55-56H,7-31,35-38,41,43-50H2,1-6H3,(H,57,60)(H,58,61)/b39-32-,40-33-,42-34-. The highest BCUT2D eigenvalue weighted by Gasteiger charge is 2.13. The highest BCUT2D eigenvalue weighted by Crippen LogP contribution is 2.17. The Bertz CT molecular complexity index is 1020. The molecule has 0 rings (SSSR count). The first-order valence-corrected chi connectivity index (χ1v) is 26.9. The summed E-state index contributed by atoms with van der Waals surface area (Å²) in [6, 6.07) is 0.419. The van der Waals surface area contributed by atoms with Gasteiger partial charge in [0.1, 0.15) is 6.23 Å². The quantitative estimate of drug-likeness (QED) is 0.0322. The number of ether oxygens (including phenoxy) is 1. The van der Waals surface area contributed by atoms with Gasteiger partial charge in [0.2, 0.25) is 11.8 Å². The van der Waals surface area contributed by atoms with Crippen molar-refractivity contribution in [3.05, 3.63) is 36.5 Å². The summed E-state index contributed by atoms with van der Waals surface area (Å²) in [5.41, 5.74) is 0. The van der Waals surface area contributed by atoms with Crippen molar-refractivity contribution >= 4 is 11.8 Å². The molecule has 0 spiro atoms. The second kappa shape index (κ2) is 48.5. The number of carbonyl (C=O) groups excluding carboxylic acids is 2. The van der Waals surface area contributed by atoms with Crippen molar-refractivity contribution in [3.8, 4) is 0 Å². The number of rotatable bonds is 48. The molecule has 7 heteroatoms. The molecule has 0 bridgehead atoms. The summed E-state index contributed by atoms with van der Waals surface area (Å²) in [6.07, 6.45) is 55.1. The molecule has 2 amide bonds. The van der Waals surface area contributed by atoms with Gasteiger partial charge in [0.15, 0.2) is 0 Å². The minimum Gasteiger partial charge on any atom is -0.359 e. The summed E-state index contributed by atoms with van der Waals surface area (Å²) in [5.74, 6) is 0.405. The summed E-state index contributed by atoms with van der Waals surface area (Å²) in [4.78, 5) is 27.3. The molecule has 0 saturated heterocycles. The Labute approximate surface area is 386 Å². The van der Waals surface area contributed by atoms with Gasteiger partial charge in [0.25, 0.3) is 0 Å². The van der Waals surface area contributed by atoms with E-state index in [1.165, 1.54) is 161 Å². The molecule has 0 aliphatic carbocycles. The van der Waals surface area contributed by atoms with Gasteiger partial charge in [-0.1, -0.05) is 192 Å². The third-order valence-corrected chi connectivity index (χ3v) is 12.0. The first-order chi connectivity index (χ1) is 30.3. The Balaban J connectivity index is 4.43. The summed E-state index contributed by atoms with van der Waals surface area (Å²) in [7, 11) is 4.15. The van der Waals surface area contributed by atoms with Gasteiger partial charge in [-0.2, -0.15) is 0 Å². The number of carbonyl (C=O) groups is 2. The summed E-state index contributed by atoms with van der Waals surface area (Å²) in [6.45, 7) is 11.4. The van der Waals surface area contributed by atoms with Gasteiger partial charge in [-0.25, -0.2) is 0 Å². The summed E-state index contributed by atoms with van der Waals surface area (Å²) < 4.78 is 6.29. The molecular weight excluding hydrogens is 765 g/mol. The van der Waals surface area contributed by atoms with Crippen LogP contribution in [-0.2, 0) is 14.3 Å². The smallest absolute Gasteiger partial charge is 0.220 e. The number of amides is 2. The van der Waals surface area contributed by atoms with E-state index in [0.717, 1.165) is 64.5 Å². The van der Waals surface area contributed by atoms with Crippen LogP contribution in [0.5, 0.6) is 0 Å². The lowest BCUT2D eigenvalue weighted by molar-refractivity contribution is -0.122. The number of nitrogens with one attached hydrogen (secondary N) is 3. The third-order valence-electron chi connectivity index (χ3n) is 12.0. The molecule has 0 aliphatic heterocycles. The SMILES string of the molecule is CCCCCC/C=C\CNC(CCCCCCCCCC(CCCCCCCCCC(=O)NC(C)/C=C\CCCCCC)NC(=O)CCCN(C)C)OC/C=C\CCCCCC. The van der Waals surface area contributed by atoms with Crippen molar-refractivity contribution in [1.82, 2.24) is 20.9 Å². The lowest BCUT2D eigenvalue weighted by atomic mass is 9.99. The van der Waals surface area contributed by atoms with Crippen LogP contribution in [-0.4, -0.2) is 68.8 Å². The minimum absolute atomic E-state index is 0.118. The minimum atomic E-state index is 0.118. The van der Waals surface area contributed by atoms with E-state index in [2.05, 4.69) is 99.1 Å². The summed E-state index contributed by atoms with van der Waals surface area (Å²) >= 11 is 0. The average molecular weight is 871 g/mol. The van der Waals surface area contributed by atoms with Crippen LogP contribution in [0.2, 0.25) is 0 Å². The predicted molar refractivity (Wildman–Crippen MR) is 272 cm³/mol. The molecule has 0 heterocycles. The summed E-state index contributed by atoms with van der Waals surface area (Å²) in [5, 5.41) is 10.2. The molecule has 3 unspecified atom stereocenters. The topological polar surface area (TPSA) is 82.7 Å². The molecule has 364 valence electrons. The highest BCUT2D eigenvalue weighted by molar-refractivity contribution is 5.76. The fourth-order valence-corrected chi connectivity index (χ4v) is 8.05. The van der Waals surface area contributed by atoms with E-state index in [9.17, 15) is 9.59 Å². The Morgan fingerprint density at radius 2 is 0.952 bits per heavy atom. The van der Waals surface area contributed by atoms with Crippen LogP contribution in [0.25, 0.3) is 0 Å². The number of allylic oxidation sites excluding steroid dienone is 3. The maximum atomic E-state index is 12.8. The van der Waals surface area contributed by atoms with Gasteiger partial charge in [0.05, 0.1) is 6.61 Å². The molecule has 0 aliphatic rings. The molecule has 0 fully saturated rings. The van der Waals surface area contributed by atoms with E-state index in [1.807, 2.05) is 0 Å². The zero-order valence-corrected chi connectivity index (χ0v) is 42.2. The maximum Gasteiger partial charge on any atom is 0.220 e. The van der Waals surface area contributed by atoms with E-state index in [1.54, 1.807) is 0 Å². The molecule has 3 N–H and O–H groups in total. The van der Waals surface area contributed by atoms with Gasteiger partial charge in [-0.15, -0.1) is 0 Å². The molecule has 0 aromatic rings. The molecular formula is C55H106N4O3. The largest absolute Gasteiger partial charge is 0.359 e. The second-order valence-electron chi connectivity index (χ2n) is 18.7. The van der Waals surface area contributed by atoms with E-state index in [0.29, 0.717) is 25.5 Å². The fourth-order valence-electron chi connectivity index (χ4n) is 8.05. The third kappa shape index (κ3) is 46.0. The van der Waals surface area contributed by atoms with Gasteiger partial charge in [0, 0.05) is 31.5 Å². The lowest BCUT2D eigenvalue weighted by Crippen LogP contribution is -2.35. The normalized spacial score (nSPS) is 13.5. The number of unbranched alkanes of at least 4 members (excludes halogenated alkanes) is 24. The second-order valence-corrected chi connectivity index (χ2v) is 18.7. The molecule has 62 heavy (non-hydrogen) atoms. The highest BCUT2D eigenvalue weighted by atomic mass is 16.5.